The summed E-state index contributed by atoms with van der Waals surface area (Å²) in [7, 11) is 0. The molecule has 0 atom stereocenters. The number of rotatable bonds is 9. The molecule has 4 N–H and O–H groups in total. The summed E-state index contributed by atoms with van der Waals surface area (Å²) in [4.78, 5) is 29.1. The number of halogens is 2. The molecular weight excluding hydrogens is 458 g/mol. The lowest BCUT2D eigenvalue weighted by molar-refractivity contribution is -0.122. The third kappa shape index (κ3) is 5.67. The number of aryl methyl sites for hydroxylation is 1. The van der Waals surface area contributed by atoms with E-state index in [0.717, 1.165) is 23.8 Å². The molecule has 1 aliphatic carbocycles. The molecule has 186 valence electrons. The van der Waals surface area contributed by atoms with Crippen LogP contribution in [0, 0.1) is 5.92 Å². The zero-order valence-corrected chi connectivity index (χ0v) is 19.3. The minimum Gasteiger partial charge on any atom is -0.435 e. The van der Waals surface area contributed by atoms with Crippen LogP contribution < -0.4 is 21.1 Å². The van der Waals surface area contributed by atoms with Crippen LogP contribution in [0.5, 0.6) is 5.75 Å². The Hall–Kier alpha value is -3.76. The molecule has 1 saturated carbocycles. The van der Waals surface area contributed by atoms with Gasteiger partial charge in [0.05, 0.1) is 22.8 Å². The third-order valence-electron chi connectivity index (χ3n) is 6.29. The molecule has 3 aromatic rings. The molecule has 9 nitrogen and oxygen atoms in total. The number of primary amides is 1. The van der Waals surface area contributed by atoms with Crippen LogP contribution in [0.3, 0.4) is 0 Å². The summed E-state index contributed by atoms with van der Waals surface area (Å²) in [6, 6.07) is 6.16. The fourth-order valence-electron chi connectivity index (χ4n) is 4.38. The summed E-state index contributed by atoms with van der Waals surface area (Å²) >= 11 is 0. The maximum Gasteiger partial charge on any atom is 0.387 e. The van der Waals surface area contributed by atoms with Crippen molar-refractivity contribution in [2.75, 3.05) is 5.32 Å². The van der Waals surface area contributed by atoms with E-state index in [9.17, 15) is 18.4 Å². The molecule has 2 amide bonds. The van der Waals surface area contributed by atoms with Gasteiger partial charge in [-0.2, -0.15) is 13.9 Å². The van der Waals surface area contributed by atoms with Gasteiger partial charge in [-0.15, -0.1) is 0 Å². The van der Waals surface area contributed by atoms with Crippen molar-refractivity contribution in [2.45, 2.75) is 58.3 Å². The molecule has 35 heavy (non-hydrogen) atoms. The van der Waals surface area contributed by atoms with Crippen molar-refractivity contribution in [1.29, 1.82) is 0 Å². The lowest BCUT2D eigenvalue weighted by Crippen LogP contribution is -2.33. The number of nitrogens with one attached hydrogen (secondary N) is 2. The smallest absolute Gasteiger partial charge is 0.387 e. The number of fused-ring (bicyclic) bond motifs is 1. The van der Waals surface area contributed by atoms with E-state index in [0.29, 0.717) is 36.3 Å². The predicted molar refractivity (Wildman–Crippen MR) is 126 cm³/mol. The van der Waals surface area contributed by atoms with Gasteiger partial charge >= 0.3 is 6.61 Å². The summed E-state index contributed by atoms with van der Waals surface area (Å²) in [5, 5.41) is 11.5. The van der Waals surface area contributed by atoms with Crippen molar-refractivity contribution < 1.29 is 23.1 Å². The van der Waals surface area contributed by atoms with Gasteiger partial charge in [0, 0.05) is 31.2 Å². The lowest BCUT2D eigenvalue weighted by atomic mass is 9.85. The van der Waals surface area contributed by atoms with Crippen molar-refractivity contribution in [3.8, 4) is 5.75 Å². The van der Waals surface area contributed by atoms with E-state index in [1.54, 1.807) is 23.0 Å². The second-order valence-corrected chi connectivity index (χ2v) is 8.54. The van der Waals surface area contributed by atoms with E-state index >= 15 is 0 Å². The third-order valence-corrected chi connectivity index (χ3v) is 6.29. The summed E-state index contributed by atoms with van der Waals surface area (Å²) in [5.41, 5.74) is 7.89. The van der Waals surface area contributed by atoms with E-state index in [1.807, 2.05) is 6.92 Å². The summed E-state index contributed by atoms with van der Waals surface area (Å²) in [6.45, 7) is -0.0960. The number of nitrogens with two attached hydrogens (primary N) is 1. The van der Waals surface area contributed by atoms with Gasteiger partial charge in [0.25, 0.3) is 5.91 Å². The van der Waals surface area contributed by atoms with E-state index in [4.69, 9.17) is 5.73 Å². The summed E-state index contributed by atoms with van der Waals surface area (Å²) in [6.07, 6.45) is 6.13. The standard InChI is InChI=1S/C24H28F2N6O3/c1-2-32-22-18(13-30-32)20(31-16-7-5-15(6-8-16)21(27)33)19(12-28-22)23(34)29-11-14-3-9-17(10-4-14)35-24(25)26/h3-4,9-10,12-13,15-16,24H,2,5-8,11H2,1H3,(H2,27,33)(H,28,31)(H,29,34). The molecule has 0 spiro atoms. The Morgan fingerprint density at radius 2 is 1.89 bits per heavy atom. The molecule has 0 aliphatic heterocycles. The number of hydrogen-bond donors (Lipinski definition) is 3. The second kappa shape index (κ2) is 10.7. The zero-order valence-electron chi connectivity index (χ0n) is 19.3. The molecule has 1 aliphatic rings. The van der Waals surface area contributed by atoms with E-state index in [-0.39, 0.29) is 36.1 Å². The Balaban J connectivity index is 1.52. The Morgan fingerprint density at radius 1 is 1.17 bits per heavy atom. The van der Waals surface area contributed by atoms with E-state index in [1.165, 1.54) is 18.3 Å². The average molecular weight is 487 g/mol. The lowest BCUT2D eigenvalue weighted by Gasteiger charge is -2.29. The number of carbonyl (C=O) groups is 2. The molecule has 0 unspecified atom stereocenters. The summed E-state index contributed by atoms with van der Waals surface area (Å²) in [5.74, 6) is -0.665. The second-order valence-electron chi connectivity index (χ2n) is 8.54. The Morgan fingerprint density at radius 3 is 2.51 bits per heavy atom. The molecule has 1 aromatic carbocycles. The van der Waals surface area contributed by atoms with Crippen LogP contribution in [-0.2, 0) is 17.9 Å². The first-order valence-corrected chi connectivity index (χ1v) is 11.6. The van der Waals surface area contributed by atoms with E-state index in [2.05, 4.69) is 25.5 Å². The first kappa shape index (κ1) is 24.4. The molecule has 0 radical (unpaired) electrons. The van der Waals surface area contributed by atoms with Crippen molar-refractivity contribution in [1.82, 2.24) is 20.1 Å². The zero-order chi connectivity index (χ0) is 24.9. The Kier molecular flexibility index (Phi) is 7.42. The van der Waals surface area contributed by atoms with Crippen molar-refractivity contribution in [3.63, 3.8) is 0 Å². The maximum absolute atomic E-state index is 13.2. The molecule has 4 rings (SSSR count). The number of aromatic nitrogens is 3. The number of hydrogen-bond acceptors (Lipinski definition) is 6. The number of alkyl halides is 2. The first-order valence-electron chi connectivity index (χ1n) is 11.6. The van der Waals surface area contributed by atoms with Gasteiger partial charge in [-0.3, -0.25) is 9.59 Å². The van der Waals surface area contributed by atoms with E-state index < -0.39 is 6.61 Å². The van der Waals surface area contributed by atoms with Crippen LogP contribution in [0.15, 0.2) is 36.7 Å². The van der Waals surface area contributed by atoms with Crippen molar-refractivity contribution in [3.05, 3.63) is 47.8 Å². The highest BCUT2D eigenvalue weighted by molar-refractivity contribution is 6.06. The minimum atomic E-state index is -2.89. The highest BCUT2D eigenvalue weighted by Gasteiger charge is 2.27. The molecule has 1 fully saturated rings. The van der Waals surface area contributed by atoms with Gasteiger partial charge in [-0.1, -0.05) is 12.1 Å². The van der Waals surface area contributed by atoms with Crippen LogP contribution in [0.4, 0.5) is 14.5 Å². The topological polar surface area (TPSA) is 124 Å². The fourth-order valence-corrected chi connectivity index (χ4v) is 4.38. The van der Waals surface area contributed by atoms with Crippen LogP contribution >= 0.6 is 0 Å². The van der Waals surface area contributed by atoms with Crippen LogP contribution in [0.25, 0.3) is 11.0 Å². The molecule has 11 heteroatoms. The van der Waals surface area contributed by atoms with Gasteiger partial charge in [-0.05, 0) is 50.3 Å². The molecule has 0 saturated heterocycles. The molecule has 0 bridgehead atoms. The van der Waals surface area contributed by atoms with Gasteiger partial charge < -0.3 is 21.1 Å². The number of nitrogens with zero attached hydrogens (tertiary/aromatic N) is 3. The highest BCUT2D eigenvalue weighted by atomic mass is 19.3. The number of benzene rings is 1. The van der Waals surface area contributed by atoms with Gasteiger partial charge in [-0.25, -0.2) is 9.67 Å². The van der Waals surface area contributed by atoms with Crippen LogP contribution in [-0.4, -0.2) is 39.2 Å². The molecule has 2 heterocycles. The Labute approximate surface area is 201 Å². The Bertz CT molecular complexity index is 1190. The predicted octanol–water partition coefficient (Wildman–Crippen LogP) is 3.44. The monoisotopic (exact) mass is 486 g/mol. The number of anilines is 1. The number of ether oxygens (including phenoxy) is 1. The SMILES string of the molecule is CCn1ncc2c(NC3CCC(C(N)=O)CC3)c(C(=O)NCc3ccc(OC(F)F)cc3)cnc21. The van der Waals surface area contributed by atoms with Gasteiger partial charge in [0.1, 0.15) is 5.75 Å². The fraction of sp³-hybridized carbons (Fsp3) is 0.417. The van der Waals surface area contributed by atoms with Crippen LogP contribution in [0.2, 0.25) is 0 Å². The molecule has 2 aromatic heterocycles. The van der Waals surface area contributed by atoms with Crippen molar-refractivity contribution >= 4 is 28.5 Å². The first-order chi connectivity index (χ1) is 16.9. The number of pyridine rings is 1. The van der Waals surface area contributed by atoms with Crippen LogP contribution in [0.1, 0.15) is 48.5 Å². The highest BCUT2D eigenvalue weighted by Crippen LogP contribution is 2.31. The summed E-state index contributed by atoms with van der Waals surface area (Å²) < 4.78 is 30.8. The van der Waals surface area contributed by atoms with Crippen molar-refractivity contribution in [2.24, 2.45) is 11.7 Å². The number of carbonyl (C=O) groups excluding carboxylic acids is 2. The molecular formula is C24H28F2N6O3. The number of amides is 2. The van der Waals surface area contributed by atoms with Gasteiger partial charge in [0.2, 0.25) is 5.91 Å². The quantitative estimate of drug-likeness (QED) is 0.426. The maximum atomic E-state index is 13.2. The average Bonchev–Trinajstić information content (AvgIpc) is 3.27. The largest absolute Gasteiger partial charge is 0.435 e. The minimum absolute atomic E-state index is 0.0511. The van der Waals surface area contributed by atoms with Gasteiger partial charge in [0.15, 0.2) is 5.65 Å². The normalized spacial score (nSPS) is 17.9.